The number of halogens is 2. The zero-order valence-electron chi connectivity index (χ0n) is 18.6. The van der Waals surface area contributed by atoms with Crippen LogP contribution in [0.2, 0.25) is 5.02 Å². The lowest BCUT2D eigenvalue weighted by Gasteiger charge is -2.35. The third-order valence-corrected chi connectivity index (χ3v) is 6.60. The monoisotopic (exact) mass is 482 g/mol. The molecule has 2 aliphatic rings. The average molecular weight is 483 g/mol. The largest absolute Gasteiger partial charge is 0.496 e. The van der Waals surface area contributed by atoms with E-state index in [1.807, 2.05) is 12.1 Å². The number of anilines is 2. The van der Waals surface area contributed by atoms with Crippen LogP contribution in [0.3, 0.4) is 0 Å². The molecule has 7 nitrogen and oxygen atoms in total. The number of hydrogen-bond donors (Lipinski definition) is 1. The number of ketones is 1. The van der Waals surface area contributed by atoms with Crippen molar-refractivity contribution < 1.29 is 18.7 Å². The maximum absolute atomic E-state index is 13.5. The van der Waals surface area contributed by atoms with Gasteiger partial charge in [-0.1, -0.05) is 17.7 Å². The molecule has 2 aliphatic heterocycles. The molecule has 5 rings (SSSR count). The van der Waals surface area contributed by atoms with Crippen LogP contribution in [-0.2, 0) is 16.0 Å². The van der Waals surface area contributed by atoms with Crippen molar-refractivity contribution in [3.05, 3.63) is 65.2 Å². The first-order valence-electron chi connectivity index (χ1n) is 11.1. The van der Waals surface area contributed by atoms with Gasteiger partial charge in [-0.05, 0) is 36.8 Å². The molecule has 176 valence electrons. The Bertz CT molecular complexity index is 1270. The number of nitrogens with zero attached hydrogens (tertiary/aromatic N) is 3. The number of hydrogen-bond acceptors (Lipinski definition) is 7. The minimum Gasteiger partial charge on any atom is -0.496 e. The van der Waals surface area contributed by atoms with E-state index in [4.69, 9.17) is 21.1 Å². The van der Waals surface area contributed by atoms with Gasteiger partial charge in [0.05, 0.1) is 36.4 Å². The van der Waals surface area contributed by atoms with Gasteiger partial charge < -0.3 is 14.8 Å². The highest BCUT2D eigenvalue weighted by molar-refractivity contribution is 6.31. The second-order valence-corrected chi connectivity index (χ2v) is 8.83. The van der Waals surface area contributed by atoms with Gasteiger partial charge in [0, 0.05) is 42.2 Å². The maximum Gasteiger partial charge on any atom is 0.159 e. The molecule has 2 unspecified atom stereocenters. The lowest BCUT2D eigenvalue weighted by molar-refractivity contribution is -0.114. The predicted molar refractivity (Wildman–Crippen MR) is 128 cm³/mol. The fraction of sp³-hybridized carbons (Fsp3) is 0.320. The summed E-state index contributed by atoms with van der Waals surface area (Å²) >= 11 is 5.90. The van der Waals surface area contributed by atoms with Crippen LogP contribution in [0, 0.1) is 5.82 Å². The van der Waals surface area contributed by atoms with E-state index in [9.17, 15) is 9.18 Å². The van der Waals surface area contributed by atoms with E-state index in [2.05, 4.69) is 20.2 Å². The van der Waals surface area contributed by atoms with Crippen LogP contribution in [0.5, 0.6) is 5.75 Å². The summed E-state index contributed by atoms with van der Waals surface area (Å²) in [5, 5.41) is 3.88. The molecule has 3 aromatic rings. The Morgan fingerprint density at radius 2 is 2.24 bits per heavy atom. The van der Waals surface area contributed by atoms with E-state index in [1.54, 1.807) is 25.3 Å². The maximum atomic E-state index is 13.5. The van der Waals surface area contributed by atoms with Gasteiger partial charge >= 0.3 is 0 Å². The third kappa shape index (κ3) is 4.61. The number of ether oxygens (including phenoxy) is 2. The van der Waals surface area contributed by atoms with E-state index in [0.29, 0.717) is 40.3 Å². The van der Waals surface area contributed by atoms with Gasteiger partial charge in [-0.15, -0.1) is 0 Å². The van der Waals surface area contributed by atoms with Crippen molar-refractivity contribution in [3.63, 3.8) is 0 Å². The zero-order valence-corrected chi connectivity index (χ0v) is 19.4. The molecule has 0 radical (unpaired) electrons. The van der Waals surface area contributed by atoms with Crippen LogP contribution in [0.1, 0.15) is 12.0 Å². The molecule has 9 heteroatoms. The minimum atomic E-state index is -0.496. The van der Waals surface area contributed by atoms with Crippen LogP contribution >= 0.6 is 11.6 Å². The van der Waals surface area contributed by atoms with Crippen molar-refractivity contribution in [2.75, 3.05) is 32.1 Å². The van der Waals surface area contributed by atoms with Crippen molar-refractivity contribution in [2.24, 2.45) is 0 Å². The summed E-state index contributed by atoms with van der Waals surface area (Å²) in [4.78, 5) is 23.7. The quantitative estimate of drug-likeness (QED) is 0.479. The highest BCUT2D eigenvalue weighted by Crippen LogP contribution is 2.31. The van der Waals surface area contributed by atoms with Crippen molar-refractivity contribution in [3.8, 4) is 5.75 Å². The Morgan fingerprint density at radius 1 is 1.35 bits per heavy atom. The number of methoxy groups -OCH3 is 1. The fourth-order valence-electron chi connectivity index (χ4n) is 4.45. The molecule has 0 saturated carbocycles. The molecule has 34 heavy (non-hydrogen) atoms. The highest BCUT2D eigenvalue weighted by atomic mass is 35.5. The molecular formula is C25H24ClFN4O3. The molecule has 2 saturated heterocycles. The first-order chi connectivity index (χ1) is 16.5. The molecule has 0 bridgehead atoms. The van der Waals surface area contributed by atoms with Gasteiger partial charge in [0.25, 0.3) is 0 Å². The molecule has 0 amide bonds. The molecule has 2 fully saturated rings. The predicted octanol–water partition coefficient (Wildman–Crippen LogP) is 4.32. The molecular weight excluding hydrogens is 459 g/mol. The number of benzene rings is 2. The number of allylic oxidation sites excluding steroid dienone is 1. The lowest BCUT2D eigenvalue weighted by atomic mass is 10.0. The first-order valence-corrected chi connectivity index (χ1v) is 11.5. The summed E-state index contributed by atoms with van der Waals surface area (Å²) in [5.41, 5.74) is 1.97. The molecule has 2 aromatic carbocycles. The Balaban J connectivity index is 1.34. The number of likely N-dealkylation sites (tertiary alicyclic amines) is 1. The van der Waals surface area contributed by atoms with Crippen LogP contribution in [0.25, 0.3) is 10.9 Å². The Labute approximate surface area is 201 Å². The molecule has 0 spiro atoms. The van der Waals surface area contributed by atoms with E-state index in [-0.39, 0.29) is 17.2 Å². The smallest absolute Gasteiger partial charge is 0.159 e. The highest BCUT2D eigenvalue weighted by Gasteiger charge is 2.41. The molecule has 2 atom stereocenters. The summed E-state index contributed by atoms with van der Waals surface area (Å²) in [7, 11) is 1.57. The van der Waals surface area contributed by atoms with Crippen LogP contribution in [0.4, 0.5) is 15.9 Å². The zero-order chi connectivity index (χ0) is 23.7. The Kier molecular flexibility index (Phi) is 6.45. The Morgan fingerprint density at radius 3 is 2.97 bits per heavy atom. The number of aromatic nitrogens is 2. The molecule has 3 heterocycles. The van der Waals surface area contributed by atoms with Gasteiger partial charge in [-0.2, -0.15) is 0 Å². The number of rotatable bonds is 8. The standard InChI is InChI=1S/C25H24ClFN4O3/c1-33-24-12-21-18(25(29-14-28-21)30-16-4-5-20(27)19(26)11-16)10-15(24)9-17(32)3-2-7-31-8-6-23-22(31)13-34-23/h2-5,10-12,14,22-23H,6-9,13H2,1H3,(H,28,29,30)/b3-2+. The normalized spacial score (nSPS) is 19.9. The van der Waals surface area contributed by atoms with E-state index in [0.717, 1.165) is 31.7 Å². The lowest BCUT2D eigenvalue weighted by Crippen LogP contribution is -2.49. The second kappa shape index (κ2) is 9.66. The summed E-state index contributed by atoms with van der Waals surface area (Å²) in [6, 6.07) is 8.47. The molecule has 1 N–H and O–H groups in total. The van der Waals surface area contributed by atoms with Gasteiger partial charge in [-0.25, -0.2) is 14.4 Å². The molecule has 1 aromatic heterocycles. The van der Waals surface area contributed by atoms with Crippen molar-refractivity contribution in [1.29, 1.82) is 0 Å². The van der Waals surface area contributed by atoms with Crippen molar-refractivity contribution in [1.82, 2.24) is 14.9 Å². The third-order valence-electron chi connectivity index (χ3n) is 6.31. The van der Waals surface area contributed by atoms with E-state index >= 15 is 0 Å². The van der Waals surface area contributed by atoms with Gasteiger partial charge in [0.2, 0.25) is 0 Å². The summed E-state index contributed by atoms with van der Waals surface area (Å²) in [5.74, 6) is 0.586. The SMILES string of the molecule is COc1cc2ncnc(Nc3ccc(F)c(Cl)c3)c2cc1CC(=O)/C=C/CN1CCC2OCC21. The molecule has 0 aliphatic carbocycles. The van der Waals surface area contributed by atoms with Gasteiger partial charge in [-0.3, -0.25) is 9.69 Å². The van der Waals surface area contributed by atoms with Gasteiger partial charge in [0.1, 0.15) is 23.7 Å². The number of nitrogens with one attached hydrogen (secondary N) is 1. The van der Waals surface area contributed by atoms with E-state index in [1.165, 1.54) is 18.5 Å². The number of fused-ring (bicyclic) bond motifs is 2. The van der Waals surface area contributed by atoms with E-state index < -0.39 is 5.82 Å². The summed E-state index contributed by atoms with van der Waals surface area (Å²) in [6.45, 7) is 2.53. The van der Waals surface area contributed by atoms with Crippen LogP contribution in [0.15, 0.2) is 48.8 Å². The van der Waals surface area contributed by atoms with Gasteiger partial charge in [0.15, 0.2) is 5.78 Å². The second-order valence-electron chi connectivity index (χ2n) is 8.43. The minimum absolute atomic E-state index is 0.0115. The number of carbonyl (C=O) groups is 1. The average Bonchev–Trinajstić information content (AvgIpc) is 3.08. The number of carbonyl (C=O) groups excluding carboxylic acids is 1. The van der Waals surface area contributed by atoms with Crippen molar-refractivity contribution >= 4 is 39.8 Å². The topological polar surface area (TPSA) is 76.6 Å². The van der Waals surface area contributed by atoms with Crippen molar-refractivity contribution in [2.45, 2.75) is 25.0 Å². The Hall–Kier alpha value is -3.07. The first kappa shape index (κ1) is 22.7. The summed E-state index contributed by atoms with van der Waals surface area (Å²) < 4.78 is 24.6. The van der Waals surface area contributed by atoms with Crippen LogP contribution in [-0.4, -0.2) is 59.6 Å². The van der Waals surface area contributed by atoms with Crippen LogP contribution < -0.4 is 10.1 Å². The summed E-state index contributed by atoms with van der Waals surface area (Å²) in [6.07, 6.45) is 6.59. The fourth-order valence-corrected chi connectivity index (χ4v) is 4.63.